The molecule has 0 aliphatic carbocycles. The number of H-pyrrole nitrogens is 1. The van der Waals surface area contributed by atoms with Crippen LogP contribution >= 0.6 is 11.3 Å². The lowest BCUT2D eigenvalue weighted by molar-refractivity contribution is -0.125. The number of hydrogen-bond acceptors (Lipinski definition) is 5. The van der Waals surface area contributed by atoms with Gasteiger partial charge < -0.3 is 9.47 Å². The van der Waals surface area contributed by atoms with Crippen LogP contribution < -0.4 is 20.9 Å². The van der Waals surface area contributed by atoms with Gasteiger partial charge in [0, 0.05) is 48.4 Å². The zero-order valence-electron chi connectivity index (χ0n) is 21.1. The van der Waals surface area contributed by atoms with E-state index in [-0.39, 0.29) is 16.6 Å². The van der Waals surface area contributed by atoms with Crippen molar-refractivity contribution in [1.29, 1.82) is 5.41 Å². The van der Waals surface area contributed by atoms with Gasteiger partial charge in [0.2, 0.25) is 11.0 Å². The third-order valence-electron chi connectivity index (χ3n) is 7.16. The van der Waals surface area contributed by atoms with Crippen molar-refractivity contribution in [2.24, 2.45) is 0 Å². The zero-order chi connectivity index (χ0) is 26.2. The summed E-state index contributed by atoms with van der Waals surface area (Å²) >= 11 is 1.20. The first-order valence-electron chi connectivity index (χ1n) is 12.8. The molecular weight excluding hydrogens is 496 g/mol. The summed E-state index contributed by atoms with van der Waals surface area (Å²) in [5, 5.41) is 13.4. The first-order chi connectivity index (χ1) is 18.5. The van der Waals surface area contributed by atoms with E-state index in [0.29, 0.717) is 16.3 Å². The molecule has 0 spiro atoms. The van der Waals surface area contributed by atoms with Gasteiger partial charge in [-0.3, -0.25) is 20.1 Å². The number of para-hydroxylation sites is 1. The standard InChI is InChI=1S/C29H28N6O2S/c1-19-9-3-4-10-20(19)17-34-18-21(22-11-5-6-12-24(22)34)15-23-27(30)35-29(31-28(23)37)38-25(32-35)16-26(36)33-13-7-2-8-14-33/h3-6,9-12,15-16,18,30,32H,2,7-8,13-14,17H2,1H3/b23-15+,25-16+,30-27?. The van der Waals surface area contributed by atoms with E-state index in [1.54, 1.807) is 6.08 Å². The number of likely N-dealkylation sites (tertiary alicyclic amines) is 1. The number of benzene rings is 2. The minimum Gasteiger partial charge on any atom is -0.342 e. The Morgan fingerprint density at radius 3 is 2.68 bits per heavy atom. The minimum atomic E-state index is -0.463. The van der Waals surface area contributed by atoms with Crippen molar-refractivity contribution >= 4 is 40.3 Å². The Hall–Kier alpha value is -4.24. The van der Waals surface area contributed by atoms with E-state index >= 15 is 0 Å². The molecule has 1 aromatic heterocycles. The van der Waals surface area contributed by atoms with E-state index in [2.05, 4.69) is 39.8 Å². The zero-order valence-corrected chi connectivity index (χ0v) is 21.9. The predicted molar refractivity (Wildman–Crippen MR) is 149 cm³/mol. The van der Waals surface area contributed by atoms with Crippen molar-refractivity contribution in [3.05, 3.63) is 97.1 Å². The van der Waals surface area contributed by atoms with E-state index < -0.39 is 5.56 Å². The lowest BCUT2D eigenvalue weighted by atomic mass is 10.1. The molecule has 6 rings (SSSR count). The summed E-state index contributed by atoms with van der Waals surface area (Å²) in [5.74, 6) is -0.0600. The molecular formula is C29H28N6O2S. The number of fused-ring (bicyclic) bond motifs is 2. The number of aromatic nitrogens is 4. The van der Waals surface area contributed by atoms with Crippen molar-refractivity contribution in [1.82, 2.24) is 24.2 Å². The number of aryl methyl sites for hydroxylation is 1. The van der Waals surface area contributed by atoms with Crippen molar-refractivity contribution in [3.63, 3.8) is 0 Å². The number of amides is 1. The Morgan fingerprint density at radius 2 is 1.87 bits per heavy atom. The molecule has 0 unspecified atom stereocenters. The maximum atomic E-state index is 13.0. The molecule has 0 saturated carbocycles. The molecule has 8 nitrogen and oxygen atoms in total. The van der Waals surface area contributed by atoms with Crippen molar-refractivity contribution in [3.8, 4) is 5.13 Å². The number of hydrogen-bond donors (Lipinski definition) is 2. The van der Waals surface area contributed by atoms with Crippen molar-refractivity contribution in [2.75, 3.05) is 13.1 Å². The van der Waals surface area contributed by atoms with Gasteiger partial charge in [0.15, 0.2) is 5.49 Å². The van der Waals surface area contributed by atoms with Gasteiger partial charge in [-0.15, -0.1) is 0 Å². The van der Waals surface area contributed by atoms with Crippen molar-refractivity contribution in [2.45, 2.75) is 32.7 Å². The highest BCUT2D eigenvalue weighted by atomic mass is 32.1. The van der Waals surface area contributed by atoms with Gasteiger partial charge in [-0.25, -0.2) is 4.68 Å². The average Bonchev–Trinajstić information content (AvgIpc) is 3.49. The molecule has 3 aliphatic heterocycles. The van der Waals surface area contributed by atoms with Crippen LogP contribution in [0.5, 0.6) is 0 Å². The van der Waals surface area contributed by atoms with E-state index in [0.717, 1.165) is 48.8 Å². The van der Waals surface area contributed by atoms with E-state index in [1.807, 2.05) is 41.4 Å². The fourth-order valence-electron chi connectivity index (χ4n) is 5.08. The van der Waals surface area contributed by atoms with Crippen LogP contribution in [0.25, 0.3) is 28.2 Å². The monoisotopic (exact) mass is 524 g/mol. The summed E-state index contributed by atoms with van der Waals surface area (Å²) in [7, 11) is 0. The third kappa shape index (κ3) is 4.50. The fraction of sp³-hybridized carbons (Fsp3) is 0.241. The largest absolute Gasteiger partial charge is 0.342 e. The molecule has 3 aliphatic rings. The molecule has 0 bridgehead atoms. The normalized spacial score (nSPS) is 15.1. The molecule has 1 amide bonds. The minimum absolute atomic E-state index is 0.0112. The van der Waals surface area contributed by atoms with Crippen LogP contribution in [0.1, 0.15) is 36.0 Å². The predicted octanol–water partition coefficient (Wildman–Crippen LogP) is 2.47. The summed E-state index contributed by atoms with van der Waals surface area (Å²) in [6, 6.07) is 16.4. The maximum absolute atomic E-state index is 13.0. The molecule has 192 valence electrons. The number of nitrogens with one attached hydrogen (secondary N) is 2. The Bertz CT molecular complexity index is 1870. The van der Waals surface area contributed by atoms with E-state index in [1.165, 1.54) is 33.2 Å². The van der Waals surface area contributed by atoms with Crippen LogP contribution in [0.3, 0.4) is 0 Å². The molecule has 0 radical (unpaired) electrons. The number of nitrogens with zero attached hydrogens (tertiary/aromatic N) is 4. The van der Waals surface area contributed by atoms with Gasteiger partial charge in [0.25, 0.3) is 5.56 Å². The highest BCUT2D eigenvalue weighted by molar-refractivity contribution is 7.11. The molecule has 3 aromatic rings. The van der Waals surface area contributed by atoms with Gasteiger partial charge in [-0.2, -0.15) is 4.98 Å². The Morgan fingerprint density at radius 1 is 1.11 bits per heavy atom. The van der Waals surface area contributed by atoms with E-state index in [4.69, 9.17) is 5.41 Å². The van der Waals surface area contributed by atoms with Gasteiger partial charge in [-0.1, -0.05) is 53.8 Å². The Labute approximate surface area is 222 Å². The lowest BCUT2D eigenvalue weighted by Crippen LogP contribution is -2.47. The number of rotatable bonds is 4. The second-order valence-corrected chi connectivity index (χ2v) is 10.7. The van der Waals surface area contributed by atoms with Crippen molar-refractivity contribution < 1.29 is 4.79 Å². The number of carbonyl (C=O) groups excluding carboxylic acids is 1. The quantitative estimate of drug-likeness (QED) is 0.378. The molecule has 2 N–H and O–H groups in total. The second kappa shape index (κ2) is 9.90. The van der Waals surface area contributed by atoms with E-state index in [9.17, 15) is 9.59 Å². The van der Waals surface area contributed by atoms with Gasteiger partial charge in [0.05, 0.1) is 5.22 Å². The highest BCUT2D eigenvalue weighted by Crippen LogP contribution is 2.23. The summed E-state index contributed by atoms with van der Waals surface area (Å²) in [4.78, 5) is 31.8. The van der Waals surface area contributed by atoms with Crippen LogP contribution in [-0.2, 0) is 11.3 Å². The summed E-state index contributed by atoms with van der Waals surface area (Å²) in [6.45, 7) is 4.33. The topological polar surface area (TPSA) is 99.8 Å². The van der Waals surface area contributed by atoms with Gasteiger partial charge in [0.1, 0.15) is 4.66 Å². The molecule has 38 heavy (non-hydrogen) atoms. The van der Waals surface area contributed by atoms with Gasteiger partial charge in [-0.05, 0) is 49.5 Å². The molecule has 9 heteroatoms. The van der Waals surface area contributed by atoms with Crippen LogP contribution in [0.4, 0.5) is 0 Å². The Balaban J connectivity index is 1.44. The SMILES string of the molecule is Cc1ccccc1Cn1cc(/C=c2/c(=O)nc3s/c(=C/C(=O)N4CCCCC4)[nH]n-3c2=N)c2ccccc21. The molecule has 1 fully saturated rings. The van der Waals surface area contributed by atoms with Crippen LogP contribution in [0.15, 0.2) is 59.5 Å². The molecule has 1 saturated heterocycles. The van der Waals surface area contributed by atoms with Crippen LogP contribution in [0, 0.1) is 12.3 Å². The summed E-state index contributed by atoms with van der Waals surface area (Å²) in [6.07, 6.45) is 8.49. The molecule has 0 atom stereocenters. The second-order valence-electron chi connectivity index (χ2n) is 9.71. The fourth-order valence-corrected chi connectivity index (χ4v) is 5.93. The first kappa shape index (κ1) is 24.1. The van der Waals surface area contributed by atoms with Crippen LogP contribution in [-0.4, -0.2) is 43.2 Å². The molecule has 4 heterocycles. The maximum Gasteiger partial charge on any atom is 0.283 e. The Kier molecular flexibility index (Phi) is 6.29. The lowest BCUT2D eigenvalue weighted by Gasteiger charge is -2.25. The number of aromatic amines is 1. The van der Waals surface area contributed by atoms with Crippen LogP contribution in [0.2, 0.25) is 0 Å². The average molecular weight is 525 g/mol. The molecule has 2 aromatic carbocycles. The number of piperidine rings is 1. The highest BCUT2D eigenvalue weighted by Gasteiger charge is 2.16. The number of carbonyl (C=O) groups is 1. The van der Waals surface area contributed by atoms with Gasteiger partial charge >= 0.3 is 0 Å². The summed E-state index contributed by atoms with van der Waals surface area (Å²) in [5.41, 5.74) is 3.89. The smallest absolute Gasteiger partial charge is 0.283 e. The summed E-state index contributed by atoms with van der Waals surface area (Å²) < 4.78 is 4.21. The third-order valence-corrected chi connectivity index (χ3v) is 8.05. The first-order valence-corrected chi connectivity index (χ1v) is 13.6.